The molecule has 0 bridgehead atoms. The Morgan fingerprint density at radius 3 is 2.38 bits per heavy atom. The van der Waals surface area contributed by atoms with Crippen molar-refractivity contribution in [2.45, 2.75) is 13.8 Å². The Kier molecular flexibility index (Phi) is 4.17. The van der Waals surface area contributed by atoms with Crippen LogP contribution in [-0.2, 0) is 9.53 Å². The number of ether oxygens (including phenoxy) is 1. The number of halogens is 1. The topological polar surface area (TPSA) is 43.4 Å². The quantitative estimate of drug-likeness (QED) is 0.447. The molecule has 0 N–H and O–H groups in total. The smallest absolute Gasteiger partial charge is 0.316 e. The van der Waals surface area contributed by atoms with E-state index >= 15 is 0 Å². The molecule has 0 fully saturated rings. The Morgan fingerprint density at radius 1 is 1.31 bits per heavy atom. The van der Waals surface area contributed by atoms with Crippen molar-refractivity contribution in [1.82, 2.24) is 0 Å². The summed E-state index contributed by atoms with van der Waals surface area (Å²) in [5, 5.41) is 0. The summed E-state index contributed by atoms with van der Waals surface area (Å²) in [5.41, 5.74) is 0.307. The minimum atomic E-state index is -0.856. The standard InChI is InChI=1S/C12H13FO3/c1-3-16-12(15)8(2)11(14)9-4-6-10(13)7-5-9/h4-8H,3H2,1-2H3. The molecule has 3 nitrogen and oxygen atoms in total. The van der Waals surface area contributed by atoms with Crippen molar-refractivity contribution in [2.24, 2.45) is 5.92 Å². The molecule has 0 saturated carbocycles. The second-order valence-corrected chi connectivity index (χ2v) is 3.34. The number of esters is 1. The first kappa shape index (κ1) is 12.4. The fourth-order valence-electron chi connectivity index (χ4n) is 1.24. The van der Waals surface area contributed by atoms with Crippen molar-refractivity contribution in [3.63, 3.8) is 0 Å². The lowest BCUT2D eigenvalue weighted by molar-refractivity contribution is -0.145. The van der Waals surface area contributed by atoms with Gasteiger partial charge in [-0.15, -0.1) is 0 Å². The third-order valence-electron chi connectivity index (χ3n) is 2.16. The highest BCUT2D eigenvalue weighted by Crippen LogP contribution is 2.11. The molecule has 0 spiro atoms. The van der Waals surface area contributed by atoms with E-state index in [1.54, 1.807) is 6.92 Å². The summed E-state index contributed by atoms with van der Waals surface area (Å²) >= 11 is 0. The molecule has 16 heavy (non-hydrogen) atoms. The zero-order valence-electron chi connectivity index (χ0n) is 9.20. The molecule has 1 aromatic carbocycles. The number of hydrogen-bond donors (Lipinski definition) is 0. The van der Waals surface area contributed by atoms with Gasteiger partial charge in [0.15, 0.2) is 5.78 Å². The van der Waals surface area contributed by atoms with Crippen LogP contribution in [0, 0.1) is 11.7 Å². The molecular formula is C12H13FO3. The molecular weight excluding hydrogens is 211 g/mol. The number of rotatable bonds is 4. The number of ketones is 1. The first-order chi connectivity index (χ1) is 7.56. The van der Waals surface area contributed by atoms with Crippen LogP contribution in [0.1, 0.15) is 24.2 Å². The highest BCUT2D eigenvalue weighted by Gasteiger charge is 2.23. The Hall–Kier alpha value is -1.71. The maximum absolute atomic E-state index is 12.6. The van der Waals surface area contributed by atoms with E-state index in [-0.39, 0.29) is 12.4 Å². The SMILES string of the molecule is CCOC(=O)C(C)C(=O)c1ccc(F)cc1. The van der Waals surface area contributed by atoms with Gasteiger partial charge in [-0.05, 0) is 38.1 Å². The average molecular weight is 224 g/mol. The fraction of sp³-hybridized carbons (Fsp3) is 0.333. The summed E-state index contributed by atoms with van der Waals surface area (Å²) in [6.45, 7) is 3.39. The first-order valence-corrected chi connectivity index (χ1v) is 5.02. The van der Waals surface area contributed by atoms with Crippen molar-refractivity contribution in [1.29, 1.82) is 0 Å². The van der Waals surface area contributed by atoms with E-state index in [9.17, 15) is 14.0 Å². The van der Waals surface area contributed by atoms with E-state index in [4.69, 9.17) is 4.74 Å². The van der Waals surface area contributed by atoms with Crippen LogP contribution in [-0.4, -0.2) is 18.4 Å². The first-order valence-electron chi connectivity index (χ1n) is 5.02. The van der Waals surface area contributed by atoms with Crippen molar-refractivity contribution >= 4 is 11.8 Å². The molecule has 0 radical (unpaired) electrons. The maximum Gasteiger partial charge on any atom is 0.316 e. The number of carbonyl (C=O) groups excluding carboxylic acids is 2. The van der Waals surface area contributed by atoms with Gasteiger partial charge in [0, 0.05) is 5.56 Å². The molecule has 0 saturated heterocycles. The van der Waals surface area contributed by atoms with E-state index in [1.807, 2.05) is 0 Å². The highest BCUT2D eigenvalue weighted by molar-refractivity contribution is 6.08. The third kappa shape index (κ3) is 2.89. The molecule has 0 amide bonds. The van der Waals surface area contributed by atoms with Gasteiger partial charge in [-0.1, -0.05) is 0 Å². The highest BCUT2D eigenvalue weighted by atomic mass is 19.1. The van der Waals surface area contributed by atoms with E-state index in [1.165, 1.54) is 31.2 Å². The van der Waals surface area contributed by atoms with Crippen molar-refractivity contribution < 1.29 is 18.7 Å². The zero-order valence-corrected chi connectivity index (χ0v) is 9.20. The Bertz CT molecular complexity index is 384. The van der Waals surface area contributed by atoms with Crippen molar-refractivity contribution in [3.05, 3.63) is 35.6 Å². The molecule has 0 aliphatic rings. The summed E-state index contributed by atoms with van der Waals surface area (Å²) < 4.78 is 17.4. The van der Waals surface area contributed by atoms with Gasteiger partial charge in [0.1, 0.15) is 11.7 Å². The van der Waals surface area contributed by atoms with Crippen LogP contribution in [0.3, 0.4) is 0 Å². The maximum atomic E-state index is 12.6. The summed E-state index contributed by atoms with van der Waals surface area (Å²) in [7, 11) is 0. The van der Waals surface area contributed by atoms with Gasteiger partial charge < -0.3 is 4.74 Å². The predicted octanol–water partition coefficient (Wildman–Crippen LogP) is 2.21. The number of carbonyl (C=O) groups is 2. The van der Waals surface area contributed by atoms with E-state index in [0.29, 0.717) is 5.56 Å². The minimum absolute atomic E-state index is 0.236. The molecule has 1 rings (SSSR count). The predicted molar refractivity (Wildman–Crippen MR) is 56.5 cm³/mol. The molecule has 0 aromatic heterocycles. The van der Waals surface area contributed by atoms with Gasteiger partial charge in [0.2, 0.25) is 0 Å². The Morgan fingerprint density at radius 2 is 1.88 bits per heavy atom. The van der Waals surface area contributed by atoms with Crippen LogP contribution in [0.5, 0.6) is 0 Å². The van der Waals surface area contributed by atoms with Gasteiger partial charge in [-0.25, -0.2) is 4.39 Å². The van der Waals surface area contributed by atoms with Crippen LogP contribution in [0.15, 0.2) is 24.3 Å². The molecule has 1 atom stereocenters. The van der Waals surface area contributed by atoms with E-state index < -0.39 is 17.7 Å². The molecule has 0 heterocycles. The van der Waals surface area contributed by atoms with E-state index in [2.05, 4.69) is 0 Å². The van der Waals surface area contributed by atoms with Gasteiger partial charge >= 0.3 is 5.97 Å². The second kappa shape index (κ2) is 5.39. The van der Waals surface area contributed by atoms with Crippen LogP contribution in [0.2, 0.25) is 0 Å². The normalized spacial score (nSPS) is 11.9. The molecule has 1 aromatic rings. The molecule has 4 heteroatoms. The van der Waals surface area contributed by atoms with Crippen LogP contribution in [0.25, 0.3) is 0 Å². The number of benzene rings is 1. The lowest BCUT2D eigenvalue weighted by Gasteiger charge is -2.09. The number of Topliss-reactive ketones (excluding diaryl/α,β-unsaturated/α-hetero) is 1. The summed E-state index contributed by atoms with van der Waals surface area (Å²) in [6.07, 6.45) is 0. The second-order valence-electron chi connectivity index (χ2n) is 3.34. The van der Waals surface area contributed by atoms with Crippen molar-refractivity contribution in [2.75, 3.05) is 6.61 Å². The monoisotopic (exact) mass is 224 g/mol. The van der Waals surface area contributed by atoms with Gasteiger partial charge in [-0.2, -0.15) is 0 Å². The molecule has 86 valence electrons. The lowest BCUT2D eigenvalue weighted by Crippen LogP contribution is -2.23. The summed E-state index contributed by atoms with van der Waals surface area (Å²) in [4.78, 5) is 23.1. The van der Waals surface area contributed by atoms with E-state index in [0.717, 1.165) is 0 Å². The van der Waals surface area contributed by atoms with Gasteiger partial charge in [-0.3, -0.25) is 9.59 Å². The summed E-state index contributed by atoms with van der Waals surface area (Å²) in [5.74, 6) is -2.19. The largest absolute Gasteiger partial charge is 0.465 e. The van der Waals surface area contributed by atoms with Gasteiger partial charge in [0.05, 0.1) is 6.61 Å². The lowest BCUT2D eigenvalue weighted by atomic mass is 9.99. The average Bonchev–Trinajstić information content (AvgIpc) is 2.28. The molecule has 0 aliphatic carbocycles. The number of hydrogen-bond acceptors (Lipinski definition) is 3. The van der Waals surface area contributed by atoms with Crippen LogP contribution in [0.4, 0.5) is 4.39 Å². The molecule has 1 unspecified atom stereocenters. The minimum Gasteiger partial charge on any atom is -0.465 e. The van der Waals surface area contributed by atoms with Crippen LogP contribution < -0.4 is 0 Å². The Labute approximate surface area is 93.2 Å². The third-order valence-corrected chi connectivity index (χ3v) is 2.16. The molecule has 0 aliphatic heterocycles. The van der Waals surface area contributed by atoms with Crippen LogP contribution >= 0.6 is 0 Å². The summed E-state index contributed by atoms with van der Waals surface area (Å²) in [6, 6.07) is 5.08. The zero-order chi connectivity index (χ0) is 12.1. The Balaban J connectivity index is 2.78. The van der Waals surface area contributed by atoms with Crippen molar-refractivity contribution in [3.8, 4) is 0 Å². The fourth-order valence-corrected chi connectivity index (χ4v) is 1.24. The van der Waals surface area contributed by atoms with Gasteiger partial charge in [0.25, 0.3) is 0 Å².